The van der Waals surface area contributed by atoms with Crippen molar-refractivity contribution in [3.8, 4) is 0 Å². The fourth-order valence-electron chi connectivity index (χ4n) is 3.06. The number of piperidine rings is 2. The van der Waals surface area contributed by atoms with Gasteiger partial charge in [-0.2, -0.15) is 0 Å². The average molecular weight is 196 g/mol. The summed E-state index contributed by atoms with van der Waals surface area (Å²) in [4.78, 5) is 2.79. The first-order valence-corrected chi connectivity index (χ1v) is 6.38. The molecule has 2 heteroatoms. The first-order chi connectivity index (χ1) is 6.92. The van der Waals surface area contributed by atoms with E-state index in [4.69, 9.17) is 0 Å². The molecule has 2 nitrogen and oxygen atoms in total. The molecular weight excluding hydrogens is 172 g/mol. The van der Waals surface area contributed by atoms with E-state index in [-0.39, 0.29) is 0 Å². The van der Waals surface area contributed by atoms with E-state index in [0.29, 0.717) is 0 Å². The van der Waals surface area contributed by atoms with E-state index >= 15 is 0 Å². The maximum atomic E-state index is 3.54. The Morgan fingerprint density at radius 2 is 2.14 bits per heavy atom. The number of nitrogens with one attached hydrogen (secondary N) is 1. The molecule has 0 spiro atoms. The third kappa shape index (κ3) is 2.29. The molecule has 0 aromatic rings. The predicted molar refractivity (Wildman–Crippen MR) is 60.5 cm³/mol. The second-order valence-electron chi connectivity index (χ2n) is 4.80. The lowest BCUT2D eigenvalue weighted by Crippen LogP contribution is -2.52. The van der Waals surface area contributed by atoms with E-state index in [1.165, 1.54) is 58.2 Å². The first-order valence-electron chi connectivity index (χ1n) is 6.38. The van der Waals surface area contributed by atoms with Crippen molar-refractivity contribution in [3.63, 3.8) is 0 Å². The van der Waals surface area contributed by atoms with Crippen molar-refractivity contribution in [2.24, 2.45) is 0 Å². The average Bonchev–Trinajstić information content (AvgIpc) is 2.30. The molecule has 2 atom stereocenters. The van der Waals surface area contributed by atoms with E-state index in [2.05, 4.69) is 17.1 Å². The smallest absolute Gasteiger partial charge is 0.0224 e. The molecule has 2 aliphatic heterocycles. The van der Waals surface area contributed by atoms with Gasteiger partial charge in [0.05, 0.1) is 0 Å². The molecule has 1 N–H and O–H groups in total. The summed E-state index contributed by atoms with van der Waals surface area (Å²) >= 11 is 0. The number of hydrogen-bond donors (Lipinski definition) is 1. The highest BCUT2D eigenvalue weighted by Crippen LogP contribution is 2.24. The van der Waals surface area contributed by atoms with Crippen LogP contribution in [0.4, 0.5) is 0 Å². The standard InChI is InChI=1S/C12H24N2/c1-2-11-6-3-4-9-14(11)12-7-5-8-13-10-12/h11-13H,2-10H2,1H3/t11-,12+/m0/s1. The fraction of sp³-hybridized carbons (Fsp3) is 1.00. The quantitative estimate of drug-likeness (QED) is 0.727. The predicted octanol–water partition coefficient (Wildman–Crippen LogP) is 2.00. The van der Waals surface area contributed by atoms with Crippen molar-refractivity contribution in [2.45, 2.75) is 57.5 Å². The van der Waals surface area contributed by atoms with Crippen LogP contribution in [0, 0.1) is 0 Å². The lowest BCUT2D eigenvalue weighted by atomic mass is 9.95. The molecule has 14 heavy (non-hydrogen) atoms. The minimum absolute atomic E-state index is 0.842. The van der Waals surface area contributed by atoms with E-state index in [1.54, 1.807) is 0 Å². The molecule has 2 aliphatic rings. The van der Waals surface area contributed by atoms with Crippen molar-refractivity contribution in [2.75, 3.05) is 19.6 Å². The molecule has 0 amide bonds. The fourth-order valence-corrected chi connectivity index (χ4v) is 3.06. The Morgan fingerprint density at radius 3 is 2.86 bits per heavy atom. The molecule has 2 rings (SSSR count). The van der Waals surface area contributed by atoms with Crippen LogP contribution in [-0.4, -0.2) is 36.6 Å². The monoisotopic (exact) mass is 196 g/mol. The van der Waals surface area contributed by atoms with Gasteiger partial charge in [0.1, 0.15) is 0 Å². The topological polar surface area (TPSA) is 15.3 Å². The van der Waals surface area contributed by atoms with Crippen LogP contribution in [0.2, 0.25) is 0 Å². The second-order valence-corrected chi connectivity index (χ2v) is 4.80. The lowest BCUT2D eigenvalue weighted by Gasteiger charge is -2.42. The molecular formula is C12H24N2. The lowest BCUT2D eigenvalue weighted by molar-refractivity contribution is 0.0771. The Labute approximate surface area is 88.1 Å². The van der Waals surface area contributed by atoms with Crippen LogP contribution in [0.3, 0.4) is 0 Å². The summed E-state index contributed by atoms with van der Waals surface area (Å²) in [5.74, 6) is 0. The maximum Gasteiger partial charge on any atom is 0.0224 e. The van der Waals surface area contributed by atoms with Gasteiger partial charge < -0.3 is 5.32 Å². The summed E-state index contributed by atoms with van der Waals surface area (Å²) < 4.78 is 0. The third-order valence-electron chi connectivity index (χ3n) is 3.88. The Morgan fingerprint density at radius 1 is 1.21 bits per heavy atom. The van der Waals surface area contributed by atoms with E-state index in [1.807, 2.05) is 0 Å². The van der Waals surface area contributed by atoms with Gasteiger partial charge in [0.25, 0.3) is 0 Å². The van der Waals surface area contributed by atoms with Crippen LogP contribution in [0.25, 0.3) is 0 Å². The molecule has 0 unspecified atom stereocenters. The number of rotatable bonds is 2. The van der Waals surface area contributed by atoms with Crippen LogP contribution in [-0.2, 0) is 0 Å². The van der Waals surface area contributed by atoms with Gasteiger partial charge in [-0.25, -0.2) is 0 Å². The number of hydrogen-bond acceptors (Lipinski definition) is 2. The molecule has 2 heterocycles. The van der Waals surface area contributed by atoms with Gasteiger partial charge in [-0.3, -0.25) is 4.90 Å². The molecule has 82 valence electrons. The number of nitrogens with zero attached hydrogens (tertiary/aromatic N) is 1. The summed E-state index contributed by atoms with van der Waals surface area (Å²) in [6.45, 7) is 6.17. The van der Waals surface area contributed by atoms with Gasteiger partial charge in [-0.15, -0.1) is 0 Å². The highest BCUT2D eigenvalue weighted by atomic mass is 15.2. The Balaban J connectivity index is 1.91. The van der Waals surface area contributed by atoms with Crippen LogP contribution < -0.4 is 5.32 Å². The van der Waals surface area contributed by atoms with Crippen LogP contribution in [0.15, 0.2) is 0 Å². The van der Waals surface area contributed by atoms with Crippen LogP contribution in [0.1, 0.15) is 45.4 Å². The number of likely N-dealkylation sites (tertiary alicyclic amines) is 1. The minimum Gasteiger partial charge on any atom is -0.315 e. The van der Waals surface area contributed by atoms with Crippen molar-refractivity contribution in [1.82, 2.24) is 10.2 Å². The largest absolute Gasteiger partial charge is 0.315 e. The highest BCUT2D eigenvalue weighted by molar-refractivity contribution is 4.85. The van der Waals surface area contributed by atoms with Crippen LogP contribution >= 0.6 is 0 Å². The zero-order valence-electron chi connectivity index (χ0n) is 9.47. The van der Waals surface area contributed by atoms with E-state index < -0.39 is 0 Å². The summed E-state index contributed by atoms with van der Waals surface area (Å²) in [5.41, 5.74) is 0. The van der Waals surface area contributed by atoms with Gasteiger partial charge in [0.15, 0.2) is 0 Å². The van der Waals surface area contributed by atoms with Crippen molar-refractivity contribution in [3.05, 3.63) is 0 Å². The Kier molecular flexibility index (Phi) is 3.82. The summed E-state index contributed by atoms with van der Waals surface area (Å²) in [6, 6.07) is 1.72. The summed E-state index contributed by atoms with van der Waals surface area (Å²) in [7, 11) is 0. The highest BCUT2D eigenvalue weighted by Gasteiger charge is 2.28. The Bertz CT molecular complexity index is 164. The molecule has 0 radical (unpaired) electrons. The van der Waals surface area contributed by atoms with Crippen molar-refractivity contribution in [1.29, 1.82) is 0 Å². The molecule has 2 saturated heterocycles. The van der Waals surface area contributed by atoms with Gasteiger partial charge in [0, 0.05) is 18.6 Å². The summed E-state index contributed by atoms with van der Waals surface area (Å²) in [5, 5.41) is 3.54. The zero-order chi connectivity index (χ0) is 9.80. The van der Waals surface area contributed by atoms with Crippen molar-refractivity contribution >= 4 is 0 Å². The van der Waals surface area contributed by atoms with Gasteiger partial charge in [-0.1, -0.05) is 13.3 Å². The van der Waals surface area contributed by atoms with E-state index in [9.17, 15) is 0 Å². The van der Waals surface area contributed by atoms with Crippen LogP contribution in [0.5, 0.6) is 0 Å². The van der Waals surface area contributed by atoms with Gasteiger partial charge in [0.2, 0.25) is 0 Å². The maximum absolute atomic E-state index is 3.54. The molecule has 2 fully saturated rings. The SMILES string of the molecule is CC[C@H]1CCCCN1[C@@H]1CCCNC1. The van der Waals surface area contributed by atoms with Gasteiger partial charge >= 0.3 is 0 Å². The third-order valence-corrected chi connectivity index (χ3v) is 3.88. The minimum atomic E-state index is 0.842. The molecule has 0 saturated carbocycles. The second kappa shape index (κ2) is 5.13. The normalized spacial score (nSPS) is 35.8. The molecule has 0 aromatic heterocycles. The van der Waals surface area contributed by atoms with Gasteiger partial charge in [-0.05, 0) is 45.2 Å². The van der Waals surface area contributed by atoms with E-state index in [0.717, 1.165) is 12.1 Å². The van der Waals surface area contributed by atoms with Crippen molar-refractivity contribution < 1.29 is 0 Å². The molecule has 0 aliphatic carbocycles. The molecule has 0 bridgehead atoms. The molecule has 0 aromatic carbocycles. The Hall–Kier alpha value is -0.0800. The summed E-state index contributed by atoms with van der Waals surface area (Å²) in [6.07, 6.45) is 8.45. The zero-order valence-corrected chi connectivity index (χ0v) is 9.47. The first kappa shape index (κ1) is 10.4.